The molecule has 6 nitrogen and oxygen atoms in total. The molecule has 0 bridgehead atoms. The van der Waals surface area contributed by atoms with Crippen molar-refractivity contribution in [2.45, 2.75) is 33.0 Å². The highest BCUT2D eigenvalue weighted by molar-refractivity contribution is 5.39. The molecule has 3 rings (SSSR count). The fourth-order valence-electron chi connectivity index (χ4n) is 2.41. The third-order valence-electron chi connectivity index (χ3n) is 3.52. The molecular weight excluding hydrogens is 276 g/mol. The zero-order chi connectivity index (χ0) is 15.4. The van der Waals surface area contributed by atoms with E-state index in [4.69, 9.17) is 0 Å². The zero-order valence-corrected chi connectivity index (χ0v) is 12.8. The molecule has 0 spiro atoms. The van der Waals surface area contributed by atoms with Crippen LogP contribution >= 0.6 is 0 Å². The van der Waals surface area contributed by atoms with E-state index in [9.17, 15) is 0 Å². The molecule has 22 heavy (non-hydrogen) atoms. The van der Waals surface area contributed by atoms with Crippen molar-refractivity contribution in [3.05, 3.63) is 60.4 Å². The first-order valence-corrected chi connectivity index (χ1v) is 7.38. The normalized spacial score (nSPS) is 12.5. The highest BCUT2D eigenvalue weighted by Crippen LogP contribution is 2.12. The lowest BCUT2D eigenvalue weighted by atomic mass is 10.1. The number of aryl methyl sites for hydroxylation is 1. The van der Waals surface area contributed by atoms with Crippen LogP contribution in [0.3, 0.4) is 0 Å². The number of hydrogen-bond donors (Lipinski definition) is 1. The monoisotopic (exact) mass is 296 g/mol. The summed E-state index contributed by atoms with van der Waals surface area (Å²) in [6.07, 6.45) is 7.20. The summed E-state index contributed by atoms with van der Waals surface area (Å²) in [7, 11) is 0. The molecule has 1 aromatic carbocycles. The number of nitrogens with one attached hydrogen (secondary N) is 1. The Labute approximate surface area is 129 Å². The van der Waals surface area contributed by atoms with Crippen molar-refractivity contribution in [2.24, 2.45) is 0 Å². The Morgan fingerprint density at radius 2 is 2.09 bits per heavy atom. The number of rotatable bonds is 6. The second-order valence-electron chi connectivity index (χ2n) is 5.49. The molecule has 0 saturated carbocycles. The van der Waals surface area contributed by atoms with Crippen molar-refractivity contribution in [2.75, 3.05) is 0 Å². The first-order chi connectivity index (χ1) is 10.7. The number of benzene rings is 1. The SMILES string of the molecule is Cc1cnn(CC(C)NCc2ccccc2-n2cncn2)c1. The first kappa shape index (κ1) is 14.5. The van der Waals surface area contributed by atoms with Crippen LogP contribution in [0.4, 0.5) is 0 Å². The van der Waals surface area contributed by atoms with Crippen molar-refractivity contribution >= 4 is 0 Å². The van der Waals surface area contributed by atoms with Gasteiger partial charge in [-0.15, -0.1) is 0 Å². The van der Waals surface area contributed by atoms with Crippen LogP contribution in [0, 0.1) is 6.92 Å². The van der Waals surface area contributed by atoms with E-state index < -0.39 is 0 Å². The van der Waals surface area contributed by atoms with Crippen molar-refractivity contribution in [3.8, 4) is 5.69 Å². The van der Waals surface area contributed by atoms with E-state index in [0.717, 1.165) is 18.8 Å². The van der Waals surface area contributed by atoms with Crippen LogP contribution in [0.1, 0.15) is 18.1 Å². The lowest BCUT2D eigenvalue weighted by Gasteiger charge is -2.15. The van der Waals surface area contributed by atoms with E-state index in [-0.39, 0.29) is 0 Å². The maximum absolute atomic E-state index is 4.32. The molecule has 0 aliphatic rings. The van der Waals surface area contributed by atoms with Crippen LogP contribution in [0.15, 0.2) is 49.3 Å². The summed E-state index contributed by atoms with van der Waals surface area (Å²) in [5, 5.41) is 12.1. The molecule has 0 amide bonds. The van der Waals surface area contributed by atoms with Gasteiger partial charge in [0.1, 0.15) is 12.7 Å². The molecule has 2 heterocycles. The second-order valence-corrected chi connectivity index (χ2v) is 5.49. The van der Waals surface area contributed by atoms with Crippen LogP contribution in [-0.4, -0.2) is 30.6 Å². The number of aromatic nitrogens is 5. The van der Waals surface area contributed by atoms with Crippen LogP contribution < -0.4 is 5.32 Å². The van der Waals surface area contributed by atoms with E-state index in [1.165, 1.54) is 11.1 Å². The predicted molar refractivity (Wildman–Crippen MR) is 84.6 cm³/mol. The highest BCUT2D eigenvalue weighted by atomic mass is 15.3. The molecule has 0 aliphatic heterocycles. The Hall–Kier alpha value is -2.47. The van der Waals surface area contributed by atoms with Gasteiger partial charge in [-0.2, -0.15) is 10.2 Å². The molecule has 114 valence electrons. The van der Waals surface area contributed by atoms with Crippen molar-refractivity contribution in [3.63, 3.8) is 0 Å². The molecule has 0 radical (unpaired) electrons. The fraction of sp³-hybridized carbons (Fsp3) is 0.312. The van der Waals surface area contributed by atoms with Gasteiger partial charge in [-0.25, -0.2) is 9.67 Å². The fourth-order valence-corrected chi connectivity index (χ4v) is 2.41. The Kier molecular flexibility index (Phi) is 4.29. The third kappa shape index (κ3) is 3.40. The quantitative estimate of drug-likeness (QED) is 0.755. The van der Waals surface area contributed by atoms with Crippen LogP contribution in [-0.2, 0) is 13.1 Å². The van der Waals surface area contributed by atoms with E-state index in [1.807, 2.05) is 29.1 Å². The molecule has 2 aromatic heterocycles. The summed E-state index contributed by atoms with van der Waals surface area (Å²) in [6.45, 7) is 5.84. The molecule has 1 N–H and O–H groups in total. The molecule has 1 unspecified atom stereocenters. The van der Waals surface area contributed by atoms with Gasteiger partial charge >= 0.3 is 0 Å². The number of para-hydroxylation sites is 1. The molecule has 0 saturated heterocycles. The standard InChI is InChI=1S/C16H20N6/c1-13-7-19-21(9-13)10-14(2)18-8-15-5-3-4-6-16(15)22-12-17-11-20-22/h3-7,9,11-12,14,18H,8,10H2,1-2H3. The summed E-state index contributed by atoms with van der Waals surface area (Å²) >= 11 is 0. The topological polar surface area (TPSA) is 60.6 Å². The van der Waals surface area contributed by atoms with Gasteiger partial charge in [0.15, 0.2) is 0 Å². The van der Waals surface area contributed by atoms with Crippen molar-refractivity contribution in [1.82, 2.24) is 29.9 Å². The summed E-state index contributed by atoms with van der Waals surface area (Å²) in [5.74, 6) is 0. The van der Waals surface area contributed by atoms with Gasteiger partial charge < -0.3 is 5.32 Å². The summed E-state index contributed by atoms with van der Waals surface area (Å²) < 4.78 is 3.76. The van der Waals surface area contributed by atoms with E-state index in [2.05, 4.69) is 46.6 Å². The van der Waals surface area contributed by atoms with Gasteiger partial charge in [0.05, 0.1) is 18.4 Å². The predicted octanol–water partition coefficient (Wildman–Crippen LogP) is 1.95. The molecular formula is C16H20N6. The number of nitrogens with zero attached hydrogens (tertiary/aromatic N) is 5. The number of hydrogen-bond acceptors (Lipinski definition) is 4. The Morgan fingerprint density at radius 1 is 1.23 bits per heavy atom. The van der Waals surface area contributed by atoms with Crippen molar-refractivity contribution in [1.29, 1.82) is 0 Å². The van der Waals surface area contributed by atoms with Gasteiger partial charge in [-0.1, -0.05) is 18.2 Å². The summed E-state index contributed by atoms with van der Waals surface area (Å²) in [6, 6.07) is 8.53. The summed E-state index contributed by atoms with van der Waals surface area (Å²) in [5.41, 5.74) is 3.43. The Morgan fingerprint density at radius 3 is 2.82 bits per heavy atom. The second kappa shape index (κ2) is 6.53. The van der Waals surface area contributed by atoms with Gasteiger partial charge in [0.25, 0.3) is 0 Å². The molecule has 0 fully saturated rings. The summed E-state index contributed by atoms with van der Waals surface area (Å²) in [4.78, 5) is 4.01. The maximum Gasteiger partial charge on any atom is 0.138 e. The minimum atomic E-state index is 0.322. The average Bonchev–Trinajstić information content (AvgIpc) is 3.17. The van der Waals surface area contributed by atoms with Gasteiger partial charge in [-0.05, 0) is 31.0 Å². The lowest BCUT2D eigenvalue weighted by molar-refractivity contribution is 0.450. The lowest BCUT2D eigenvalue weighted by Crippen LogP contribution is -2.30. The largest absolute Gasteiger partial charge is 0.308 e. The Balaban J connectivity index is 1.64. The van der Waals surface area contributed by atoms with Gasteiger partial charge in [-0.3, -0.25) is 4.68 Å². The smallest absolute Gasteiger partial charge is 0.138 e. The van der Waals surface area contributed by atoms with E-state index in [1.54, 1.807) is 17.3 Å². The van der Waals surface area contributed by atoms with E-state index in [0.29, 0.717) is 6.04 Å². The molecule has 6 heteroatoms. The van der Waals surface area contributed by atoms with Crippen LogP contribution in [0.2, 0.25) is 0 Å². The Bertz CT molecular complexity index is 716. The third-order valence-corrected chi connectivity index (χ3v) is 3.52. The van der Waals surface area contributed by atoms with Crippen molar-refractivity contribution < 1.29 is 0 Å². The maximum atomic E-state index is 4.32. The molecule has 3 aromatic rings. The van der Waals surface area contributed by atoms with E-state index >= 15 is 0 Å². The first-order valence-electron chi connectivity index (χ1n) is 7.38. The average molecular weight is 296 g/mol. The zero-order valence-electron chi connectivity index (χ0n) is 12.8. The molecule has 1 atom stereocenters. The minimum Gasteiger partial charge on any atom is -0.308 e. The van der Waals surface area contributed by atoms with Gasteiger partial charge in [0.2, 0.25) is 0 Å². The van der Waals surface area contributed by atoms with Gasteiger partial charge in [0, 0.05) is 18.8 Å². The van der Waals surface area contributed by atoms with Crippen LogP contribution in [0.25, 0.3) is 5.69 Å². The highest BCUT2D eigenvalue weighted by Gasteiger charge is 2.07. The molecule has 0 aliphatic carbocycles. The van der Waals surface area contributed by atoms with Crippen LogP contribution in [0.5, 0.6) is 0 Å². The minimum absolute atomic E-state index is 0.322.